The first-order valence-electron chi connectivity index (χ1n) is 5.16. The van der Waals surface area contributed by atoms with Crippen LogP contribution < -0.4 is 4.74 Å². The summed E-state index contributed by atoms with van der Waals surface area (Å²) in [6, 6.07) is 6.93. The van der Waals surface area contributed by atoms with Crippen molar-refractivity contribution in [2.75, 3.05) is 7.11 Å². The average molecular weight is 241 g/mol. The topological polar surface area (TPSA) is 88.3 Å². The number of methoxy groups -OCH3 is 1. The maximum absolute atomic E-state index is 9.78. The summed E-state index contributed by atoms with van der Waals surface area (Å²) in [5.41, 5.74) is 0.706. The van der Waals surface area contributed by atoms with Gasteiger partial charge >= 0.3 is 0 Å². The van der Waals surface area contributed by atoms with Crippen LogP contribution in [0.15, 0.2) is 29.6 Å². The molecule has 94 valence electrons. The summed E-state index contributed by atoms with van der Waals surface area (Å²) in [5, 5.41) is 21.0. The molecule has 0 bridgehead atoms. The van der Waals surface area contributed by atoms with Crippen LogP contribution in [0.3, 0.4) is 0 Å². The Morgan fingerprint density at radius 1 is 1.24 bits per heavy atom. The normalized spacial score (nSPS) is 13.8. The first kappa shape index (κ1) is 13.4. The van der Waals surface area contributed by atoms with Crippen LogP contribution in [0.25, 0.3) is 0 Å². The van der Waals surface area contributed by atoms with Gasteiger partial charge in [0.15, 0.2) is 5.34 Å². The molecule has 0 radical (unpaired) electrons. The van der Waals surface area contributed by atoms with E-state index in [1.54, 1.807) is 31.4 Å². The van der Waals surface area contributed by atoms with E-state index in [9.17, 15) is 10.0 Å². The summed E-state index contributed by atoms with van der Waals surface area (Å²) in [5.74, 6) is 0.703. The monoisotopic (exact) mass is 241 g/mol. The zero-order chi connectivity index (χ0) is 12.7. The van der Waals surface area contributed by atoms with Crippen LogP contribution in [0.2, 0.25) is 0 Å². The van der Waals surface area contributed by atoms with Gasteiger partial charge in [0, 0.05) is 6.42 Å². The summed E-state index contributed by atoms with van der Waals surface area (Å²) < 4.78 is 4.99. The van der Waals surface area contributed by atoms with Gasteiger partial charge in [0.05, 0.1) is 13.2 Å². The Balaban J connectivity index is 2.45. The minimum atomic E-state index is -1.28. The Hall–Kier alpha value is -1.66. The van der Waals surface area contributed by atoms with Crippen molar-refractivity contribution in [2.45, 2.75) is 25.2 Å². The number of ether oxygens (including phenoxy) is 1. The number of nitrogens with zero attached hydrogens (tertiary/aromatic N) is 1. The lowest BCUT2D eigenvalue weighted by Gasteiger charge is -2.12. The highest BCUT2D eigenvalue weighted by atomic mass is 16.8. The molecule has 0 aliphatic carbocycles. The first-order valence-corrected chi connectivity index (χ1v) is 5.16. The van der Waals surface area contributed by atoms with Crippen LogP contribution in [0.4, 0.5) is 0 Å². The fourth-order valence-electron chi connectivity index (χ4n) is 1.40. The van der Waals surface area contributed by atoms with Gasteiger partial charge in [-0.3, -0.25) is 0 Å². The molecule has 0 saturated carbocycles. The molecule has 1 aromatic carbocycles. The lowest BCUT2D eigenvalue weighted by atomic mass is 10.0. The molecule has 0 saturated heterocycles. The number of rotatable bonds is 7. The van der Waals surface area contributed by atoms with Crippen molar-refractivity contribution in [2.24, 2.45) is 5.34 Å². The van der Waals surface area contributed by atoms with E-state index in [2.05, 4.69) is 10.2 Å². The third-order valence-electron chi connectivity index (χ3n) is 2.35. The first-order chi connectivity index (χ1) is 8.17. The molecular weight excluding hydrogens is 226 g/mol. The lowest BCUT2D eigenvalue weighted by molar-refractivity contribution is -0.109. The Bertz CT molecular complexity index is 340. The number of aliphatic hydroxyl groups excluding tert-OH is 2. The Labute approximate surface area is 98.7 Å². The Morgan fingerprint density at radius 2 is 1.88 bits per heavy atom. The van der Waals surface area contributed by atoms with Gasteiger partial charge in [0.1, 0.15) is 5.75 Å². The van der Waals surface area contributed by atoms with Gasteiger partial charge in [-0.1, -0.05) is 12.1 Å². The molecule has 0 fully saturated rings. The fraction of sp³-hybridized carbons (Fsp3) is 0.455. The summed E-state index contributed by atoms with van der Waals surface area (Å²) in [6.45, 7) is 0. The van der Waals surface area contributed by atoms with Crippen molar-refractivity contribution in [1.29, 1.82) is 0 Å². The Morgan fingerprint density at radius 3 is 2.41 bits per heavy atom. The molecule has 0 heterocycles. The van der Waals surface area contributed by atoms with Crippen molar-refractivity contribution < 1.29 is 19.8 Å². The second-order valence-corrected chi connectivity index (χ2v) is 3.50. The molecule has 6 nitrogen and oxygen atoms in total. The lowest BCUT2D eigenvalue weighted by Crippen LogP contribution is -2.10. The van der Waals surface area contributed by atoms with E-state index in [1.165, 1.54) is 0 Å². The van der Waals surface area contributed by atoms with E-state index < -0.39 is 12.4 Å². The average Bonchev–Trinajstić information content (AvgIpc) is 2.36. The molecule has 1 aromatic rings. The van der Waals surface area contributed by atoms with Crippen LogP contribution in [0, 0.1) is 4.91 Å². The fourth-order valence-corrected chi connectivity index (χ4v) is 1.40. The van der Waals surface area contributed by atoms with E-state index in [4.69, 9.17) is 9.84 Å². The molecule has 2 atom stereocenters. The minimum absolute atomic E-state index is 0.124. The van der Waals surface area contributed by atoms with Crippen LogP contribution in [0.5, 0.6) is 5.75 Å². The van der Waals surface area contributed by atoms with Crippen molar-refractivity contribution in [3.63, 3.8) is 0 Å². The number of benzene rings is 1. The second-order valence-electron chi connectivity index (χ2n) is 3.50. The molecule has 0 amide bonds. The maximum atomic E-state index is 9.78. The molecule has 0 aliphatic rings. The zero-order valence-electron chi connectivity index (χ0n) is 9.44. The zero-order valence-corrected chi connectivity index (χ0v) is 9.44. The smallest absolute Gasteiger partial charge is 0.227 e. The van der Waals surface area contributed by atoms with Crippen LogP contribution >= 0.6 is 0 Å². The number of hydrogen-bond acceptors (Lipinski definition) is 6. The number of hydrogen-bond donors (Lipinski definition) is 2. The third-order valence-corrected chi connectivity index (χ3v) is 2.35. The van der Waals surface area contributed by atoms with E-state index in [0.29, 0.717) is 11.3 Å². The van der Waals surface area contributed by atoms with Crippen molar-refractivity contribution >= 4 is 0 Å². The molecule has 2 unspecified atom stereocenters. The molecule has 17 heavy (non-hydrogen) atoms. The van der Waals surface area contributed by atoms with E-state index in [1.807, 2.05) is 0 Å². The highest BCUT2D eigenvalue weighted by molar-refractivity contribution is 5.28. The summed E-state index contributed by atoms with van der Waals surface area (Å²) >= 11 is 0. The van der Waals surface area contributed by atoms with Gasteiger partial charge in [-0.15, -0.1) is 4.91 Å². The quantitative estimate of drug-likeness (QED) is 0.429. The molecular formula is C11H15NO5. The maximum Gasteiger partial charge on any atom is 0.227 e. The summed E-state index contributed by atoms with van der Waals surface area (Å²) in [4.78, 5) is 13.8. The minimum Gasteiger partial charge on any atom is -0.497 e. The second kappa shape index (κ2) is 6.82. The highest BCUT2D eigenvalue weighted by Crippen LogP contribution is 2.21. The van der Waals surface area contributed by atoms with Gasteiger partial charge in [-0.25, -0.2) is 0 Å². The van der Waals surface area contributed by atoms with Gasteiger partial charge in [0.2, 0.25) is 6.29 Å². The predicted octanol–water partition coefficient (Wildman–Crippen LogP) is 1.53. The standard InChI is InChI=1S/C11H15NO5/c1-16-9-4-2-8(3-5-9)10(13)6-7-11(14)17-12-15/h2-5,10-11,13-14H,6-7H2,1H3. The van der Waals surface area contributed by atoms with E-state index in [-0.39, 0.29) is 12.8 Å². The molecule has 1 rings (SSSR count). The van der Waals surface area contributed by atoms with E-state index in [0.717, 1.165) is 0 Å². The van der Waals surface area contributed by atoms with Crippen molar-refractivity contribution in [3.8, 4) is 5.75 Å². The van der Waals surface area contributed by atoms with Crippen LogP contribution in [-0.4, -0.2) is 23.6 Å². The van der Waals surface area contributed by atoms with Crippen LogP contribution in [-0.2, 0) is 4.84 Å². The van der Waals surface area contributed by atoms with Crippen molar-refractivity contribution in [1.82, 2.24) is 0 Å². The van der Waals surface area contributed by atoms with Crippen LogP contribution in [0.1, 0.15) is 24.5 Å². The van der Waals surface area contributed by atoms with Crippen molar-refractivity contribution in [3.05, 3.63) is 34.7 Å². The summed E-state index contributed by atoms with van der Waals surface area (Å²) in [7, 11) is 1.56. The molecule has 0 aliphatic heterocycles. The number of aliphatic hydroxyl groups is 2. The Kier molecular flexibility index (Phi) is 5.38. The molecule has 0 aromatic heterocycles. The largest absolute Gasteiger partial charge is 0.497 e. The van der Waals surface area contributed by atoms with Gasteiger partial charge < -0.3 is 19.8 Å². The molecule has 0 spiro atoms. The van der Waals surface area contributed by atoms with E-state index >= 15 is 0 Å². The predicted molar refractivity (Wildman–Crippen MR) is 60.1 cm³/mol. The highest BCUT2D eigenvalue weighted by Gasteiger charge is 2.12. The third kappa shape index (κ3) is 4.38. The van der Waals surface area contributed by atoms with Gasteiger partial charge in [-0.2, -0.15) is 0 Å². The van der Waals surface area contributed by atoms with Gasteiger partial charge in [0.25, 0.3) is 0 Å². The van der Waals surface area contributed by atoms with Gasteiger partial charge in [-0.05, 0) is 24.1 Å². The summed E-state index contributed by atoms with van der Waals surface area (Å²) in [6.07, 6.45) is -1.62. The SMILES string of the molecule is COc1ccc(C(O)CCC(O)ON=O)cc1. The molecule has 6 heteroatoms. The molecule has 2 N–H and O–H groups in total.